The monoisotopic (exact) mass is 315 g/mol. The molecule has 1 aromatic carbocycles. The second-order valence-corrected chi connectivity index (χ2v) is 4.99. The average Bonchev–Trinajstić information content (AvgIpc) is 3.00. The Morgan fingerprint density at radius 2 is 2.22 bits per heavy atom. The molecule has 2 aromatic heterocycles. The molecule has 0 fully saturated rings. The Labute approximate surface area is 129 Å². The van der Waals surface area contributed by atoms with Crippen LogP contribution in [0.4, 0.5) is 17.2 Å². The molecular formula is C13H13N7O3. The molecule has 0 radical (unpaired) electrons. The number of nitro groups is 1. The van der Waals surface area contributed by atoms with Gasteiger partial charge in [-0.2, -0.15) is 10.2 Å². The van der Waals surface area contributed by atoms with Gasteiger partial charge in [0.25, 0.3) is 5.91 Å². The van der Waals surface area contributed by atoms with Crippen LogP contribution >= 0.6 is 0 Å². The Bertz CT molecular complexity index is 941. The van der Waals surface area contributed by atoms with Gasteiger partial charge in [0.15, 0.2) is 5.69 Å². The fraction of sp³-hybridized carbons (Fsp3) is 0.154. The third-order valence-corrected chi connectivity index (χ3v) is 3.43. The number of aromatic nitrogens is 4. The summed E-state index contributed by atoms with van der Waals surface area (Å²) in [5.74, 6) is -0.410. The van der Waals surface area contributed by atoms with Crippen molar-refractivity contribution in [3.63, 3.8) is 0 Å². The number of rotatable bonds is 4. The quantitative estimate of drug-likeness (QED) is 0.489. The van der Waals surface area contributed by atoms with Crippen LogP contribution in [0.3, 0.4) is 0 Å². The van der Waals surface area contributed by atoms with Crippen molar-refractivity contribution in [3.05, 3.63) is 39.7 Å². The van der Waals surface area contributed by atoms with E-state index < -0.39 is 10.8 Å². The highest BCUT2D eigenvalue weighted by molar-refractivity contribution is 6.04. The first-order valence-corrected chi connectivity index (χ1v) is 6.61. The molecule has 10 nitrogen and oxygen atoms in total. The predicted molar refractivity (Wildman–Crippen MR) is 82.5 cm³/mol. The molecule has 3 rings (SSSR count). The molecule has 2 heterocycles. The van der Waals surface area contributed by atoms with Crippen molar-refractivity contribution in [1.82, 2.24) is 20.0 Å². The minimum Gasteiger partial charge on any atom is -0.364 e. The van der Waals surface area contributed by atoms with Crippen molar-refractivity contribution in [2.45, 2.75) is 6.92 Å². The summed E-state index contributed by atoms with van der Waals surface area (Å²) < 4.78 is 1.39. The summed E-state index contributed by atoms with van der Waals surface area (Å²) in [7, 11) is 1.60. The van der Waals surface area contributed by atoms with Crippen LogP contribution in [0.25, 0.3) is 10.9 Å². The van der Waals surface area contributed by atoms with Crippen LogP contribution in [-0.4, -0.2) is 30.8 Å². The van der Waals surface area contributed by atoms with Crippen LogP contribution in [0.15, 0.2) is 18.2 Å². The molecule has 0 aliphatic heterocycles. The van der Waals surface area contributed by atoms with Crippen molar-refractivity contribution < 1.29 is 9.72 Å². The molecule has 0 aliphatic rings. The van der Waals surface area contributed by atoms with Crippen LogP contribution in [-0.2, 0) is 7.05 Å². The van der Waals surface area contributed by atoms with Crippen molar-refractivity contribution in [2.75, 3.05) is 5.32 Å². The maximum Gasteiger partial charge on any atom is 0.334 e. The number of benzene rings is 1. The summed E-state index contributed by atoms with van der Waals surface area (Å²) in [5, 5.41) is 25.3. The first-order chi connectivity index (χ1) is 10.9. The Morgan fingerprint density at radius 3 is 2.87 bits per heavy atom. The third kappa shape index (κ3) is 2.35. The standard InChI is InChI=1S/C13H13N7O3/c1-6-11(20(22)23)13(19(2)18-6)15-7-3-4-9-8(5-7)10(12(14)21)17-16-9/h3-5,15H,1-2H3,(H2,14,21)(H,16,17). The van der Waals surface area contributed by atoms with E-state index >= 15 is 0 Å². The number of amides is 1. The minimum absolute atomic E-state index is 0.102. The van der Waals surface area contributed by atoms with Gasteiger partial charge in [-0.25, -0.2) is 4.68 Å². The number of hydrogen-bond acceptors (Lipinski definition) is 6. The molecule has 3 aromatic rings. The Morgan fingerprint density at radius 1 is 1.48 bits per heavy atom. The van der Waals surface area contributed by atoms with Crippen molar-refractivity contribution in [2.24, 2.45) is 12.8 Å². The van der Waals surface area contributed by atoms with Gasteiger partial charge < -0.3 is 11.1 Å². The number of carbonyl (C=O) groups excluding carboxylic acids is 1. The fourth-order valence-corrected chi connectivity index (χ4v) is 2.42. The maximum atomic E-state index is 11.4. The van der Waals surface area contributed by atoms with Crippen molar-refractivity contribution in [1.29, 1.82) is 0 Å². The zero-order valence-corrected chi connectivity index (χ0v) is 12.3. The van der Waals surface area contributed by atoms with Gasteiger partial charge in [-0.3, -0.25) is 20.0 Å². The summed E-state index contributed by atoms with van der Waals surface area (Å²) >= 11 is 0. The van der Waals surface area contributed by atoms with E-state index in [4.69, 9.17) is 5.73 Å². The van der Waals surface area contributed by atoms with E-state index in [-0.39, 0.29) is 17.2 Å². The number of hydrogen-bond donors (Lipinski definition) is 3. The maximum absolute atomic E-state index is 11.4. The molecule has 0 saturated carbocycles. The smallest absolute Gasteiger partial charge is 0.334 e. The molecule has 1 amide bonds. The first kappa shape index (κ1) is 14.5. The molecule has 10 heteroatoms. The zero-order valence-electron chi connectivity index (χ0n) is 12.3. The normalized spacial score (nSPS) is 10.9. The number of carbonyl (C=O) groups is 1. The van der Waals surface area contributed by atoms with Gasteiger partial charge in [-0.05, 0) is 25.1 Å². The molecule has 118 valence electrons. The van der Waals surface area contributed by atoms with E-state index in [1.807, 2.05) is 0 Å². The number of nitrogens with one attached hydrogen (secondary N) is 2. The van der Waals surface area contributed by atoms with Crippen molar-refractivity contribution >= 4 is 34.0 Å². The highest BCUT2D eigenvalue weighted by atomic mass is 16.6. The molecule has 0 spiro atoms. The number of primary amides is 1. The lowest BCUT2D eigenvalue weighted by molar-refractivity contribution is -0.384. The topological polar surface area (TPSA) is 145 Å². The van der Waals surface area contributed by atoms with Crippen LogP contribution in [0.2, 0.25) is 0 Å². The number of H-pyrrole nitrogens is 1. The summed E-state index contributed by atoms with van der Waals surface area (Å²) in [6, 6.07) is 5.05. The van der Waals surface area contributed by atoms with Crippen LogP contribution in [0.1, 0.15) is 16.2 Å². The van der Waals surface area contributed by atoms with Crippen molar-refractivity contribution in [3.8, 4) is 0 Å². The summed E-state index contributed by atoms with van der Waals surface area (Å²) in [5.41, 5.74) is 6.78. The SMILES string of the molecule is Cc1nn(C)c(Nc2ccc3[nH]nc(C(N)=O)c3c2)c1[N+](=O)[O-]. The second-order valence-electron chi connectivity index (χ2n) is 4.99. The van der Waals surface area contributed by atoms with E-state index in [1.165, 1.54) is 4.68 Å². The van der Waals surface area contributed by atoms with Crippen LogP contribution in [0, 0.1) is 17.0 Å². The molecule has 23 heavy (non-hydrogen) atoms. The highest BCUT2D eigenvalue weighted by Crippen LogP contribution is 2.31. The highest BCUT2D eigenvalue weighted by Gasteiger charge is 2.24. The third-order valence-electron chi connectivity index (χ3n) is 3.43. The van der Waals surface area contributed by atoms with Gasteiger partial charge in [0.1, 0.15) is 5.69 Å². The molecule has 0 unspecified atom stereocenters. The van der Waals surface area contributed by atoms with E-state index in [0.717, 1.165) is 0 Å². The van der Waals surface area contributed by atoms with Gasteiger partial charge in [0.2, 0.25) is 5.82 Å². The number of nitrogens with zero attached hydrogens (tertiary/aromatic N) is 4. The lowest BCUT2D eigenvalue weighted by atomic mass is 10.2. The van der Waals surface area contributed by atoms with E-state index in [0.29, 0.717) is 22.3 Å². The Balaban J connectivity index is 2.07. The lowest BCUT2D eigenvalue weighted by Crippen LogP contribution is -2.11. The second kappa shape index (κ2) is 5.09. The number of anilines is 2. The van der Waals surface area contributed by atoms with Gasteiger partial charge >= 0.3 is 5.69 Å². The molecular weight excluding hydrogens is 302 g/mol. The summed E-state index contributed by atoms with van der Waals surface area (Å²) in [6.07, 6.45) is 0. The molecule has 0 atom stereocenters. The molecule has 0 aliphatic carbocycles. The van der Waals surface area contributed by atoms with Gasteiger partial charge in [0.05, 0.1) is 10.4 Å². The zero-order chi connectivity index (χ0) is 16.7. The number of aromatic amines is 1. The number of nitrogens with two attached hydrogens (primary N) is 1. The average molecular weight is 315 g/mol. The molecule has 0 bridgehead atoms. The van der Waals surface area contributed by atoms with Crippen LogP contribution in [0.5, 0.6) is 0 Å². The van der Waals surface area contributed by atoms with Gasteiger partial charge in [-0.15, -0.1) is 0 Å². The minimum atomic E-state index is -0.657. The largest absolute Gasteiger partial charge is 0.364 e. The van der Waals surface area contributed by atoms with Gasteiger partial charge in [0, 0.05) is 18.1 Å². The van der Waals surface area contributed by atoms with E-state index in [2.05, 4.69) is 20.6 Å². The van der Waals surface area contributed by atoms with Crippen LogP contribution < -0.4 is 11.1 Å². The lowest BCUT2D eigenvalue weighted by Gasteiger charge is -2.06. The Hall–Kier alpha value is -3.43. The fourth-order valence-electron chi connectivity index (χ4n) is 2.42. The first-order valence-electron chi connectivity index (χ1n) is 6.61. The number of fused-ring (bicyclic) bond motifs is 1. The number of aryl methyl sites for hydroxylation is 2. The molecule has 4 N–H and O–H groups in total. The molecule has 0 saturated heterocycles. The van der Waals surface area contributed by atoms with Gasteiger partial charge in [-0.1, -0.05) is 0 Å². The van der Waals surface area contributed by atoms with E-state index in [9.17, 15) is 14.9 Å². The van der Waals surface area contributed by atoms with E-state index in [1.54, 1.807) is 32.2 Å². The summed E-state index contributed by atoms with van der Waals surface area (Å²) in [4.78, 5) is 22.1. The summed E-state index contributed by atoms with van der Waals surface area (Å²) in [6.45, 7) is 1.56. The predicted octanol–water partition coefficient (Wildman–Crippen LogP) is 1.36. The Kier molecular flexibility index (Phi) is 3.21.